The van der Waals surface area contributed by atoms with Gasteiger partial charge < -0.3 is 24.0 Å². The van der Waals surface area contributed by atoms with E-state index in [9.17, 15) is 9.59 Å². The van der Waals surface area contributed by atoms with Crippen LogP contribution in [-0.4, -0.2) is 87.6 Å². The van der Waals surface area contributed by atoms with E-state index >= 15 is 0 Å². The third kappa shape index (κ3) is 9.38. The first-order valence-electron chi connectivity index (χ1n) is 19.0. The fraction of sp³-hybridized carbons (Fsp3) is 0.548. The highest BCUT2D eigenvalue weighted by Gasteiger charge is 2.36. The third-order valence-electron chi connectivity index (χ3n) is 11.0. The van der Waals surface area contributed by atoms with Gasteiger partial charge >= 0.3 is 12.1 Å². The van der Waals surface area contributed by atoms with Crippen LogP contribution in [0, 0.1) is 11.3 Å². The zero-order valence-electron chi connectivity index (χ0n) is 32.5. The summed E-state index contributed by atoms with van der Waals surface area (Å²) in [6.45, 7) is 16.2. The topological polar surface area (TPSA) is 87.7 Å². The number of hydrogen-bond donors (Lipinski definition) is 0. The molecule has 6 rings (SSSR count). The van der Waals surface area contributed by atoms with Gasteiger partial charge in [0.1, 0.15) is 17.1 Å². The maximum Gasteiger partial charge on any atom is 0.415 e. The summed E-state index contributed by atoms with van der Waals surface area (Å²) in [4.78, 5) is 39.1. The van der Waals surface area contributed by atoms with E-state index in [1.807, 2.05) is 51.1 Å². The fourth-order valence-electron chi connectivity index (χ4n) is 8.00. The van der Waals surface area contributed by atoms with Crippen molar-refractivity contribution in [1.82, 2.24) is 9.88 Å². The molecule has 1 saturated heterocycles. The number of fused-ring (bicyclic) bond motifs is 1. The molecule has 1 saturated carbocycles. The molecule has 0 N–H and O–H groups in total. The van der Waals surface area contributed by atoms with Gasteiger partial charge in [-0.25, -0.2) is 9.59 Å². The Bertz CT molecular complexity index is 1750. The van der Waals surface area contributed by atoms with Gasteiger partial charge in [0.15, 0.2) is 0 Å². The molecule has 2 unspecified atom stereocenters. The fourth-order valence-corrected chi connectivity index (χ4v) is 8.12. The normalized spacial score (nSPS) is 20.5. The highest BCUT2D eigenvalue weighted by Crippen LogP contribution is 2.48. The van der Waals surface area contributed by atoms with Crippen molar-refractivity contribution in [1.29, 1.82) is 0 Å². The quantitative estimate of drug-likeness (QED) is 0.210. The van der Waals surface area contributed by atoms with Crippen LogP contribution in [0.3, 0.4) is 0 Å². The lowest BCUT2D eigenvalue weighted by molar-refractivity contribution is 0.0583. The summed E-state index contributed by atoms with van der Waals surface area (Å²) in [5.74, 6) is 1.63. The van der Waals surface area contributed by atoms with Gasteiger partial charge in [-0.15, -0.1) is 0 Å². The lowest BCUT2D eigenvalue weighted by Gasteiger charge is -2.42. The standard InChI is InChI=1S/C42H56ClN5O5/c1-41(2,3)53-40(50)45(6)37-16-15-35-38(44-37)52-26-8-20-48(35)36-27-32(13-14-33(36)39(49)51-7)47-24-22-46(23-25-47)21-18-30-17-19-42(4,5)28-34(30)29-9-11-31(43)12-10-29/h9-16,27,30,34H,8,17-26,28H2,1-7H3. The average Bonchev–Trinajstić information content (AvgIpc) is 3.35. The second-order valence-corrected chi connectivity index (χ2v) is 17.0. The van der Waals surface area contributed by atoms with E-state index in [-0.39, 0.29) is 0 Å². The number of methoxy groups -OCH3 is 1. The lowest BCUT2D eigenvalue weighted by atomic mass is 9.64. The van der Waals surface area contributed by atoms with Crippen molar-refractivity contribution >= 4 is 46.5 Å². The number of aromatic nitrogens is 1. The number of piperazine rings is 1. The van der Waals surface area contributed by atoms with E-state index in [1.54, 1.807) is 13.1 Å². The van der Waals surface area contributed by atoms with Crippen molar-refractivity contribution in [2.24, 2.45) is 11.3 Å². The number of amides is 1. The predicted molar refractivity (Wildman–Crippen MR) is 212 cm³/mol. The smallest absolute Gasteiger partial charge is 0.415 e. The van der Waals surface area contributed by atoms with Crippen LogP contribution in [0.25, 0.3) is 0 Å². The highest BCUT2D eigenvalue weighted by atomic mass is 35.5. The first kappa shape index (κ1) is 38.7. The zero-order chi connectivity index (χ0) is 37.9. The molecule has 1 aromatic heterocycles. The first-order chi connectivity index (χ1) is 25.2. The summed E-state index contributed by atoms with van der Waals surface area (Å²) >= 11 is 6.25. The Morgan fingerprint density at radius 3 is 2.43 bits per heavy atom. The Balaban J connectivity index is 1.16. The summed E-state index contributed by atoms with van der Waals surface area (Å²) in [6, 6.07) is 18.2. The molecule has 1 aliphatic carbocycles. The van der Waals surface area contributed by atoms with Crippen molar-refractivity contribution in [3.05, 3.63) is 70.7 Å². The largest absolute Gasteiger partial charge is 0.476 e. The summed E-state index contributed by atoms with van der Waals surface area (Å²) < 4.78 is 16.9. The Kier molecular flexibility index (Phi) is 11.8. The number of benzene rings is 2. The van der Waals surface area contributed by atoms with Crippen molar-refractivity contribution in [3.63, 3.8) is 0 Å². The van der Waals surface area contributed by atoms with Gasteiger partial charge in [0.05, 0.1) is 25.0 Å². The summed E-state index contributed by atoms with van der Waals surface area (Å²) in [5, 5.41) is 0.798. The van der Waals surface area contributed by atoms with Crippen LogP contribution >= 0.6 is 11.6 Å². The first-order valence-corrected chi connectivity index (χ1v) is 19.4. The van der Waals surface area contributed by atoms with Crippen LogP contribution in [0.4, 0.5) is 27.7 Å². The van der Waals surface area contributed by atoms with E-state index < -0.39 is 17.7 Å². The van der Waals surface area contributed by atoms with Crippen LogP contribution in [0.15, 0.2) is 54.6 Å². The number of carbonyl (C=O) groups is 2. The maximum absolute atomic E-state index is 13.1. The van der Waals surface area contributed by atoms with Crippen LogP contribution in [0.1, 0.15) is 88.6 Å². The minimum atomic E-state index is -0.638. The minimum Gasteiger partial charge on any atom is -0.476 e. The Morgan fingerprint density at radius 2 is 1.74 bits per heavy atom. The summed E-state index contributed by atoms with van der Waals surface area (Å²) in [7, 11) is 3.04. The molecular formula is C42H56ClN5O5. The number of hydrogen-bond acceptors (Lipinski definition) is 9. The van der Waals surface area contributed by atoms with Crippen LogP contribution < -0.4 is 19.4 Å². The number of rotatable bonds is 8. The highest BCUT2D eigenvalue weighted by molar-refractivity contribution is 6.30. The number of pyridine rings is 1. The van der Waals surface area contributed by atoms with Crippen molar-refractivity contribution in [2.75, 3.05) is 74.7 Å². The molecule has 3 heterocycles. The number of carbonyl (C=O) groups excluding carboxylic acids is 2. The number of anilines is 4. The molecule has 0 bridgehead atoms. The van der Waals surface area contributed by atoms with Gasteiger partial charge in [-0.2, -0.15) is 4.98 Å². The van der Waals surface area contributed by atoms with Crippen LogP contribution in [0.5, 0.6) is 5.88 Å². The van der Waals surface area contributed by atoms with E-state index in [0.717, 1.165) is 54.8 Å². The Hall–Kier alpha value is -4.02. The molecule has 2 aliphatic heterocycles. The number of ether oxygens (including phenoxy) is 3. The van der Waals surface area contributed by atoms with Crippen molar-refractivity contribution in [2.45, 2.75) is 78.2 Å². The molecule has 2 fully saturated rings. The van der Waals surface area contributed by atoms with Crippen molar-refractivity contribution in [3.8, 4) is 5.88 Å². The van der Waals surface area contributed by atoms with E-state index in [0.29, 0.717) is 54.1 Å². The molecule has 2 aromatic carbocycles. The average molecular weight is 746 g/mol. The van der Waals surface area contributed by atoms with E-state index in [1.165, 1.54) is 43.3 Å². The maximum atomic E-state index is 13.1. The second-order valence-electron chi connectivity index (χ2n) is 16.5. The van der Waals surface area contributed by atoms with Gasteiger partial charge in [-0.05, 0) is 125 Å². The molecule has 2 atom stereocenters. The van der Waals surface area contributed by atoms with Crippen molar-refractivity contribution < 1.29 is 23.8 Å². The van der Waals surface area contributed by atoms with Crippen LogP contribution in [0.2, 0.25) is 5.02 Å². The minimum absolute atomic E-state index is 0.356. The molecule has 53 heavy (non-hydrogen) atoms. The van der Waals surface area contributed by atoms with E-state index in [2.05, 4.69) is 46.7 Å². The SMILES string of the molecule is COC(=O)c1ccc(N2CCN(CCC3CCC(C)(C)CC3c3ccc(Cl)cc3)CC2)cc1N1CCCOc2nc(N(C)C(=O)OC(C)(C)C)ccc21. The molecule has 0 spiro atoms. The molecule has 0 radical (unpaired) electrons. The van der Waals surface area contributed by atoms with Gasteiger partial charge in [0.25, 0.3) is 0 Å². The number of nitrogens with zero attached hydrogens (tertiary/aromatic N) is 5. The molecular weight excluding hydrogens is 690 g/mol. The van der Waals surface area contributed by atoms with Crippen LogP contribution in [-0.2, 0) is 9.47 Å². The number of halogens is 1. The monoisotopic (exact) mass is 745 g/mol. The molecule has 286 valence electrons. The summed E-state index contributed by atoms with van der Waals surface area (Å²) in [5.41, 5.74) is 4.14. The Labute approximate surface area is 320 Å². The van der Waals surface area contributed by atoms with Gasteiger partial charge in [-0.1, -0.05) is 37.6 Å². The lowest BCUT2D eigenvalue weighted by Crippen LogP contribution is -2.47. The van der Waals surface area contributed by atoms with E-state index in [4.69, 9.17) is 30.8 Å². The third-order valence-corrected chi connectivity index (χ3v) is 11.2. The molecule has 11 heteroatoms. The molecule has 10 nitrogen and oxygen atoms in total. The zero-order valence-corrected chi connectivity index (χ0v) is 33.2. The summed E-state index contributed by atoms with van der Waals surface area (Å²) in [6.07, 6.45) is 5.15. The van der Waals surface area contributed by atoms with Gasteiger partial charge in [0, 0.05) is 50.5 Å². The second kappa shape index (κ2) is 16.1. The molecule has 3 aromatic rings. The molecule has 3 aliphatic rings. The predicted octanol–water partition coefficient (Wildman–Crippen LogP) is 8.94. The van der Waals surface area contributed by atoms with Gasteiger partial charge in [0.2, 0.25) is 5.88 Å². The number of esters is 1. The van der Waals surface area contributed by atoms with Gasteiger partial charge in [-0.3, -0.25) is 9.80 Å². The molecule has 1 amide bonds. The Morgan fingerprint density at radius 1 is 1.00 bits per heavy atom.